The standard InChI is InChI=1S/C25H36N2O2/c1-4-27-15-16(14-26-27)11-17-12-22-20-6-5-18-13-19(28)7-9-24(18,2)21(20)8-10-25(22,3)23(17)29/h11,14-15,18-22,28H,4-10,12-13H2,1-3H3/b17-11-/t18-,19-,20+,21-,22-,24-,25-/m0/s1. The van der Waals surface area contributed by atoms with Crippen molar-refractivity contribution in [1.29, 1.82) is 0 Å². The van der Waals surface area contributed by atoms with Crippen molar-refractivity contribution in [2.75, 3.05) is 0 Å². The molecule has 0 amide bonds. The molecule has 29 heavy (non-hydrogen) atoms. The van der Waals surface area contributed by atoms with Gasteiger partial charge in [-0.25, -0.2) is 0 Å². The van der Waals surface area contributed by atoms with E-state index in [1.165, 1.54) is 19.3 Å². The molecule has 1 aromatic heterocycles. The van der Waals surface area contributed by atoms with Gasteiger partial charge in [0.2, 0.25) is 0 Å². The largest absolute Gasteiger partial charge is 0.393 e. The van der Waals surface area contributed by atoms with Gasteiger partial charge in [-0.2, -0.15) is 5.10 Å². The van der Waals surface area contributed by atoms with E-state index in [9.17, 15) is 9.90 Å². The highest BCUT2D eigenvalue weighted by Gasteiger charge is 2.61. The van der Waals surface area contributed by atoms with Gasteiger partial charge in [-0.15, -0.1) is 0 Å². The zero-order valence-electron chi connectivity index (χ0n) is 18.2. The number of ketones is 1. The molecule has 4 nitrogen and oxygen atoms in total. The summed E-state index contributed by atoms with van der Waals surface area (Å²) in [6.45, 7) is 7.71. The number of aliphatic hydroxyl groups excluding tert-OH is 1. The third kappa shape index (κ3) is 2.89. The van der Waals surface area contributed by atoms with E-state index in [2.05, 4.69) is 31.9 Å². The van der Waals surface area contributed by atoms with E-state index in [0.29, 0.717) is 29.0 Å². The Labute approximate surface area is 174 Å². The summed E-state index contributed by atoms with van der Waals surface area (Å²) in [5, 5.41) is 14.6. The van der Waals surface area contributed by atoms with Gasteiger partial charge in [0.05, 0.1) is 12.3 Å². The second-order valence-electron chi connectivity index (χ2n) is 10.9. The minimum absolute atomic E-state index is 0.0925. The fourth-order valence-electron chi connectivity index (χ4n) is 7.86. The van der Waals surface area contributed by atoms with Crippen LogP contribution in [-0.4, -0.2) is 26.8 Å². The second kappa shape index (κ2) is 6.80. The second-order valence-corrected chi connectivity index (χ2v) is 10.9. The van der Waals surface area contributed by atoms with Gasteiger partial charge in [-0.3, -0.25) is 9.48 Å². The maximum absolute atomic E-state index is 13.5. The van der Waals surface area contributed by atoms with Crippen molar-refractivity contribution < 1.29 is 9.90 Å². The maximum atomic E-state index is 13.5. The molecule has 1 heterocycles. The van der Waals surface area contributed by atoms with Crippen molar-refractivity contribution in [2.45, 2.75) is 84.8 Å². The predicted molar refractivity (Wildman–Crippen MR) is 114 cm³/mol. The minimum Gasteiger partial charge on any atom is -0.393 e. The van der Waals surface area contributed by atoms with Gasteiger partial charge in [0.25, 0.3) is 0 Å². The lowest BCUT2D eigenvalue weighted by molar-refractivity contribution is -0.141. The van der Waals surface area contributed by atoms with Crippen LogP contribution in [-0.2, 0) is 11.3 Å². The van der Waals surface area contributed by atoms with E-state index in [-0.39, 0.29) is 11.5 Å². The Bertz CT molecular complexity index is 842. The van der Waals surface area contributed by atoms with Gasteiger partial charge >= 0.3 is 0 Å². The van der Waals surface area contributed by atoms with Crippen molar-refractivity contribution in [2.24, 2.45) is 34.5 Å². The molecule has 1 aromatic rings. The molecule has 0 saturated heterocycles. The van der Waals surface area contributed by atoms with Crippen LogP contribution in [0.4, 0.5) is 0 Å². The summed E-state index contributed by atoms with van der Waals surface area (Å²) >= 11 is 0. The molecule has 158 valence electrons. The molecule has 0 radical (unpaired) electrons. The summed E-state index contributed by atoms with van der Waals surface area (Å²) in [5.41, 5.74) is 2.28. The van der Waals surface area contributed by atoms with Gasteiger partial charge in [0.1, 0.15) is 0 Å². The van der Waals surface area contributed by atoms with Gasteiger partial charge in [-0.05, 0) is 99.0 Å². The predicted octanol–water partition coefficient (Wildman–Crippen LogP) is 4.87. The summed E-state index contributed by atoms with van der Waals surface area (Å²) in [7, 11) is 0. The zero-order chi connectivity index (χ0) is 20.4. The minimum atomic E-state index is -0.175. The quantitative estimate of drug-likeness (QED) is 0.726. The molecule has 0 aromatic carbocycles. The van der Waals surface area contributed by atoms with E-state index < -0.39 is 0 Å². The lowest BCUT2D eigenvalue weighted by Gasteiger charge is -2.59. The normalized spacial score (nSPS) is 45.7. The molecule has 7 atom stereocenters. The lowest BCUT2D eigenvalue weighted by atomic mass is 9.45. The van der Waals surface area contributed by atoms with Crippen LogP contribution in [0.2, 0.25) is 0 Å². The first-order valence-corrected chi connectivity index (χ1v) is 11.8. The first-order valence-electron chi connectivity index (χ1n) is 11.8. The van der Waals surface area contributed by atoms with Gasteiger partial charge in [0.15, 0.2) is 5.78 Å². The SMILES string of the molecule is CCn1cc(/C=C2/C[C@H]3[C@@H]4CC[C@H]5C[C@@H](O)CC[C@]5(C)[C@H]4CC[C@]3(C)C2=O)cn1. The molecule has 5 rings (SSSR count). The fraction of sp³-hybridized carbons (Fsp3) is 0.760. The number of nitrogens with zero attached hydrogens (tertiary/aromatic N) is 2. The number of rotatable bonds is 2. The molecule has 0 spiro atoms. The van der Waals surface area contributed by atoms with Crippen LogP contribution >= 0.6 is 0 Å². The number of carbonyl (C=O) groups is 1. The Morgan fingerprint density at radius 2 is 2.03 bits per heavy atom. The maximum Gasteiger partial charge on any atom is 0.165 e. The van der Waals surface area contributed by atoms with Crippen LogP contribution in [0, 0.1) is 34.5 Å². The van der Waals surface area contributed by atoms with E-state index in [0.717, 1.165) is 55.7 Å². The highest BCUT2D eigenvalue weighted by Crippen LogP contribution is 2.66. The average molecular weight is 397 g/mol. The molecule has 0 unspecified atom stereocenters. The summed E-state index contributed by atoms with van der Waals surface area (Å²) < 4.78 is 1.93. The molecule has 4 saturated carbocycles. The number of hydrogen-bond donors (Lipinski definition) is 1. The van der Waals surface area contributed by atoms with Crippen LogP contribution in [0.15, 0.2) is 18.0 Å². The number of aromatic nitrogens is 2. The third-order valence-corrected chi connectivity index (χ3v) is 9.60. The Balaban J connectivity index is 1.43. The molecule has 1 N–H and O–H groups in total. The number of allylic oxidation sites excluding steroid dienone is 1. The van der Waals surface area contributed by atoms with Crippen molar-refractivity contribution >= 4 is 11.9 Å². The topological polar surface area (TPSA) is 55.1 Å². The number of aliphatic hydroxyl groups is 1. The van der Waals surface area contributed by atoms with Crippen molar-refractivity contribution in [3.8, 4) is 0 Å². The van der Waals surface area contributed by atoms with Gasteiger partial charge < -0.3 is 5.11 Å². The van der Waals surface area contributed by atoms with Crippen molar-refractivity contribution in [3.63, 3.8) is 0 Å². The number of carbonyl (C=O) groups excluding carboxylic acids is 1. The van der Waals surface area contributed by atoms with Crippen molar-refractivity contribution in [3.05, 3.63) is 23.5 Å². The van der Waals surface area contributed by atoms with Crippen LogP contribution in [0.3, 0.4) is 0 Å². The van der Waals surface area contributed by atoms with E-state index in [4.69, 9.17) is 0 Å². The number of fused-ring (bicyclic) bond motifs is 5. The Hall–Kier alpha value is -1.42. The van der Waals surface area contributed by atoms with Crippen LogP contribution < -0.4 is 0 Å². The number of aryl methyl sites for hydroxylation is 1. The first kappa shape index (κ1) is 19.5. The molecular formula is C25H36N2O2. The fourth-order valence-corrected chi connectivity index (χ4v) is 7.86. The highest BCUT2D eigenvalue weighted by atomic mass is 16.3. The Kier molecular flexibility index (Phi) is 4.58. The molecular weight excluding hydrogens is 360 g/mol. The van der Waals surface area contributed by atoms with E-state index >= 15 is 0 Å². The van der Waals surface area contributed by atoms with Gasteiger partial charge in [-0.1, -0.05) is 13.8 Å². The summed E-state index contributed by atoms with van der Waals surface area (Å²) in [4.78, 5) is 13.5. The third-order valence-electron chi connectivity index (χ3n) is 9.60. The van der Waals surface area contributed by atoms with Crippen LogP contribution in [0.1, 0.15) is 77.7 Å². The van der Waals surface area contributed by atoms with E-state index in [1.807, 2.05) is 17.1 Å². The summed E-state index contributed by atoms with van der Waals surface area (Å²) in [6, 6.07) is 0. The van der Waals surface area contributed by atoms with Crippen molar-refractivity contribution in [1.82, 2.24) is 9.78 Å². The van der Waals surface area contributed by atoms with Crippen LogP contribution in [0.5, 0.6) is 0 Å². The molecule has 0 bridgehead atoms. The average Bonchev–Trinajstić information content (AvgIpc) is 3.26. The molecule has 4 fully saturated rings. The first-order chi connectivity index (χ1) is 13.8. The van der Waals surface area contributed by atoms with Gasteiger partial charge in [0, 0.05) is 23.7 Å². The lowest BCUT2D eigenvalue weighted by Crippen LogP contribution is -2.54. The summed E-state index contributed by atoms with van der Waals surface area (Å²) in [5.74, 6) is 2.95. The molecule has 4 aliphatic carbocycles. The Morgan fingerprint density at radius 1 is 1.21 bits per heavy atom. The van der Waals surface area contributed by atoms with E-state index in [1.54, 1.807) is 0 Å². The number of Topliss-reactive ketones (excluding diaryl/α,β-unsaturated/α-hetero) is 1. The molecule has 4 heteroatoms. The highest BCUT2D eigenvalue weighted by molar-refractivity contribution is 6.05. The smallest absolute Gasteiger partial charge is 0.165 e. The zero-order valence-corrected chi connectivity index (χ0v) is 18.2. The van der Waals surface area contributed by atoms with Crippen LogP contribution in [0.25, 0.3) is 6.08 Å². The number of hydrogen-bond acceptors (Lipinski definition) is 3. The summed E-state index contributed by atoms with van der Waals surface area (Å²) in [6.07, 6.45) is 14.7. The Morgan fingerprint density at radius 3 is 2.79 bits per heavy atom. The monoisotopic (exact) mass is 396 g/mol. The molecule has 4 aliphatic rings. The molecule has 0 aliphatic heterocycles.